The Kier molecular flexibility index (Phi) is 3.94. The van der Waals surface area contributed by atoms with Crippen molar-refractivity contribution >= 4 is 10.0 Å². The first-order chi connectivity index (χ1) is 8.90. The predicted octanol–water partition coefficient (Wildman–Crippen LogP) is 1.68. The van der Waals surface area contributed by atoms with Crippen LogP contribution < -0.4 is 10.5 Å². The van der Waals surface area contributed by atoms with Gasteiger partial charge in [0, 0.05) is 17.6 Å². The van der Waals surface area contributed by atoms with Crippen molar-refractivity contribution < 1.29 is 12.8 Å². The first kappa shape index (κ1) is 14.4. The van der Waals surface area contributed by atoms with Crippen LogP contribution in [0.1, 0.15) is 31.2 Å². The SMILES string of the molecule is Cc1c(F)cccc1S(=O)(=O)NC1(CN)CCCC1. The number of nitrogens with one attached hydrogen (secondary N) is 1. The molecule has 1 saturated carbocycles. The average Bonchev–Trinajstić information content (AvgIpc) is 2.81. The maximum absolute atomic E-state index is 13.5. The molecule has 0 amide bonds. The lowest BCUT2D eigenvalue weighted by Gasteiger charge is -2.28. The molecule has 19 heavy (non-hydrogen) atoms. The van der Waals surface area contributed by atoms with E-state index >= 15 is 0 Å². The summed E-state index contributed by atoms with van der Waals surface area (Å²) in [6, 6.07) is 4.07. The Bertz CT molecular complexity index is 566. The van der Waals surface area contributed by atoms with Gasteiger partial charge in [-0.05, 0) is 31.9 Å². The molecule has 2 rings (SSSR count). The second-order valence-electron chi connectivity index (χ2n) is 5.16. The molecule has 0 unspecified atom stereocenters. The van der Waals surface area contributed by atoms with Crippen LogP contribution in [-0.2, 0) is 10.0 Å². The van der Waals surface area contributed by atoms with Crippen LogP contribution >= 0.6 is 0 Å². The van der Waals surface area contributed by atoms with Crippen LogP contribution in [0.3, 0.4) is 0 Å². The number of halogens is 1. The fourth-order valence-corrected chi connectivity index (χ4v) is 4.34. The summed E-state index contributed by atoms with van der Waals surface area (Å²) in [7, 11) is -3.74. The molecule has 0 heterocycles. The number of benzene rings is 1. The first-order valence-electron chi connectivity index (χ1n) is 6.39. The lowest BCUT2D eigenvalue weighted by molar-refractivity contribution is 0.399. The van der Waals surface area contributed by atoms with Crippen LogP contribution in [0.2, 0.25) is 0 Å². The summed E-state index contributed by atoms with van der Waals surface area (Å²) in [6.45, 7) is 1.73. The molecule has 1 aliphatic carbocycles. The van der Waals surface area contributed by atoms with Gasteiger partial charge in [-0.1, -0.05) is 18.9 Å². The minimum absolute atomic E-state index is 0.00720. The summed E-state index contributed by atoms with van der Waals surface area (Å²) in [6.07, 6.45) is 3.39. The highest BCUT2D eigenvalue weighted by molar-refractivity contribution is 7.89. The van der Waals surface area contributed by atoms with Crippen molar-refractivity contribution in [3.8, 4) is 0 Å². The summed E-state index contributed by atoms with van der Waals surface area (Å²) < 4.78 is 41.0. The van der Waals surface area contributed by atoms with Gasteiger partial charge in [-0.3, -0.25) is 0 Å². The van der Waals surface area contributed by atoms with Crippen LogP contribution in [0.4, 0.5) is 4.39 Å². The third-order valence-electron chi connectivity index (χ3n) is 3.81. The zero-order valence-corrected chi connectivity index (χ0v) is 11.8. The van der Waals surface area contributed by atoms with Crippen molar-refractivity contribution in [3.63, 3.8) is 0 Å². The Hall–Kier alpha value is -0.980. The fraction of sp³-hybridized carbons (Fsp3) is 0.538. The van der Waals surface area contributed by atoms with E-state index in [0.717, 1.165) is 25.7 Å². The molecular weight excluding hydrogens is 267 g/mol. The van der Waals surface area contributed by atoms with Crippen LogP contribution in [0.5, 0.6) is 0 Å². The average molecular weight is 286 g/mol. The summed E-state index contributed by atoms with van der Waals surface area (Å²) >= 11 is 0. The Morgan fingerprint density at radius 1 is 1.37 bits per heavy atom. The summed E-state index contributed by atoms with van der Waals surface area (Å²) in [5.74, 6) is -0.518. The third kappa shape index (κ3) is 2.80. The van der Waals surface area contributed by atoms with Gasteiger partial charge in [-0.25, -0.2) is 17.5 Å². The third-order valence-corrected chi connectivity index (χ3v) is 5.53. The molecule has 1 aliphatic rings. The van der Waals surface area contributed by atoms with Crippen LogP contribution in [0.25, 0.3) is 0 Å². The maximum atomic E-state index is 13.5. The lowest BCUT2D eigenvalue weighted by Crippen LogP contribution is -2.51. The molecule has 0 atom stereocenters. The largest absolute Gasteiger partial charge is 0.329 e. The number of nitrogens with two attached hydrogens (primary N) is 1. The standard InChI is InChI=1S/C13H19FN2O2S/c1-10-11(14)5-4-6-12(10)19(17,18)16-13(9-15)7-2-3-8-13/h4-6,16H,2-3,7-9,15H2,1H3. The van der Waals surface area contributed by atoms with Gasteiger partial charge in [0.2, 0.25) is 10.0 Å². The number of sulfonamides is 1. The summed E-state index contributed by atoms with van der Waals surface area (Å²) in [5, 5.41) is 0. The quantitative estimate of drug-likeness (QED) is 0.884. The minimum atomic E-state index is -3.74. The Morgan fingerprint density at radius 2 is 2.00 bits per heavy atom. The highest BCUT2D eigenvalue weighted by Gasteiger charge is 2.37. The van der Waals surface area contributed by atoms with E-state index in [9.17, 15) is 12.8 Å². The predicted molar refractivity (Wildman–Crippen MR) is 71.7 cm³/mol. The van der Waals surface area contributed by atoms with Gasteiger partial charge in [-0.15, -0.1) is 0 Å². The van der Waals surface area contributed by atoms with Crippen molar-refractivity contribution in [2.45, 2.75) is 43.0 Å². The Balaban J connectivity index is 2.35. The molecule has 0 saturated heterocycles. The zero-order chi connectivity index (χ0) is 14.1. The van der Waals surface area contributed by atoms with E-state index in [2.05, 4.69) is 4.72 Å². The molecule has 0 bridgehead atoms. The Morgan fingerprint density at radius 3 is 2.58 bits per heavy atom. The summed E-state index contributed by atoms with van der Waals surface area (Å²) in [4.78, 5) is -0.00720. The second-order valence-corrected chi connectivity index (χ2v) is 6.81. The molecule has 4 nitrogen and oxygen atoms in total. The Labute approximate surface area is 113 Å². The van der Waals surface area contributed by atoms with E-state index in [1.807, 2.05) is 0 Å². The van der Waals surface area contributed by atoms with Crippen LogP contribution in [-0.4, -0.2) is 20.5 Å². The molecular formula is C13H19FN2O2S. The number of rotatable bonds is 4. The molecule has 1 fully saturated rings. The molecule has 0 radical (unpaired) electrons. The van der Waals surface area contributed by atoms with E-state index < -0.39 is 21.4 Å². The van der Waals surface area contributed by atoms with E-state index in [0.29, 0.717) is 0 Å². The molecule has 0 spiro atoms. The van der Waals surface area contributed by atoms with Crippen LogP contribution in [0, 0.1) is 12.7 Å². The number of hydrogen-bond acceptors (Lipinski definition) is 3. The highest BCUT2D eigenvalue weighted by atomic mass is 32.2. The van der Waals surface area contributed by atoms with Crippen molar-refractivity contribution in [2.75, 3.05) is 6.54 Å². The molecule has 3 N–H and O–H groups in total. The molecule has 0 aliphatic heterocycles. The number of hydrogen-bond donors (Lipinski definition) is 2. The molecule has 0 aromatic heterocycles. The highest BCUT2D eigenvalue weighted by Crippen LogP contribution is 2.31. The fourth-order valence-electron chi connectivity index (χ4n) is 2.62. The normalized spacial score (nSPS) is 18.7. The van der Waals surface area contributed by atoms with Gasteiger partial charge in [0.05, 0.1) is 4.90 Å². The van der Waals surface area contributed by atoms with Gasteiger partial charge in [0.15, 0.2) is 0 Å². The van der Waals surface area contributed by atoms with Gasteiger partial charge >= 0.3 is 0 Å². The van der Waals surface area contributed by atoms with E-state index in [1.54, 1.807) is 0 Å². The monoisotopic (exact) mass is 286 g/mol. The second kappa shape index (κ2) is 5.19. The van der Waals surface area contributed by atoms with E-state index in [-0.39, 0.29) is 17.0 Å². The van der Waals surface area contributed by atoms with Gasteiger partial charge < -0.3 is 5.73 Å². The molecule has 6 heteroatoms. The van der Waals surface area contributed by atoms with Crippen LogP contribution in [0.15, 0.2) is 23.1 Å². The van der Waals surface area contributed by atoms with Crippen molar-refractivity contribution in [2.24, 2.45) is 5.73 Å². The molecule has 106 valence electrons. The van der Waals surface area contributed by atoms with Gasteiger partial charge in [0.25, 0.3) is 0 Å². The molecule has 1 aromatic carbocycles. The zero-order valence-electron chi connectivity index (χ0n) is 10.9. The smallest absolute Gasteiger partial charge is 0.241 e. The summed E-state index contributed by atoms with van der Waals surface area (Å²) in [5.41, 5.74) is 5.29. The first-order valence-corrected chi connectivity index (χ1v) is 7.88. The molecule has 1 aromatic rings. The van der Waals surface area contributed by atoms with Gasteiger partial charge in [-0.2, -0.15) is 0 Å². The lowest BCUT2D eigenvalue weighted by atomic mass is 10.0. The van der Waals surface area contributed by atoms with Gasteiger partial charge in [0.1, 0.15) is 5.82 Å². The minimum Gasteiger partial charge on any atom is -0.329 e. The van der Waals surface area contributed by atoms with Crippen molar-refractivity contribution in [1.29, 1.82) is 0 Å². The van der Waals surface area contributed by atoms with E-state index in [1.165, 1.54) is 25.1 Å². The van der Waals surface area contributed by atoms with E-state index in [4.69, 9.17) is 5.73 Å². The van der Waals surface area contributed by atoms with Crippen molar-refractivity contribution in [3.05, 3.63) is 29.6 Å². The topological polar surface area (TPSA) is 72.2 Å². The maximum Gasteiger partial charge on any atom is 0.241 e. The van der Waals surface area contributed by atoms with Crippen molar-refractivity contribution in [1.82, 2.24) is 4.72 Å².